The quantitative estimate of drug-likeness (QED) is 0.202. The van der Waals surface area contributed by atoms with E-state index in [4.69, 9.17) is 0 Å². The molecule has 0 aromatic heterocycles. The topological polar surface area (TPSA) is 159 Å². The summed E-state index contributed by atoms with van der Waals surface area (Å²) in [5, 5.41) is 22.9. The molecule has 1 rings (SSSR count). The maximum absolute atomic E-state index is 11.7. The summed E-state index contributed by atoms with van der Waals surface area (Å²) in [6.45, 7) is 2.61. The number of methoxy groups -OCH3 is 3. The van der Waals surface area contributed by atoms with Crippen molar-refractivity contribution in [1.29, 1.82) is 0 Å². The second-order valence-corrected chi connectivity index (χ2v) is 7.12. The third-order valence-electron chi connectivity index (χ3n) is 5.04. The van der Waals surface area contributed by atoms with E-state index in [0.717, 1.165) is 0 Å². The summed E-state index contributed by atoms with van der Waals surface area (Å²) in [4.78, 5) is 51.4. The SMILES string of the molecule is COC(=O)[C@H](O)CN1CCN(C[C@@H](O)C(=O)OC)CCN(C[C@@H](N=O)C(=O)OC)CC1. The molecule has 0 aromatic rings. The number of nitrogens with zero attached hydrogens (tertiary/aromatic N) is 4. The lowest BCUT2D eigenvalue weighted by Crippen LogP contribution is -2.44. The van der Waals surface area contributed by atoms with Crippen molar-refractivity contribution in [2.24, 2.45) is 5.18 Å². The molecule has 0 bridgehead atoms. The average Bonchev–Trinajstić information content (AvgIpc) is 2.87. The van der Waals surface area contributed by atoms with Crippen molar-refractivity contribution in [1.82, 2.24) is 14.7 Å². The first-order chi connectivity index (χ1) is 14.7. The van der Waals surface area contributed by atoms with Crippen molar-refractivity contribution < 1.29 is 38.8 Å². The minimum atomic E-state index is -1.34. The maximum Gasteiger partial charge on any atom is 0.336 e. The van der Waals surface area contributed by atoms with E-state index >= 15 is 0 Å². The highest BCUT2D eigenvalue weighted by Gasteiger charge is 2.27. The van der Waals surface area contributed by atoms with E-state index in [1.54, 1.807) is 0 Å². The van der Waals surface area contributed by atoms with Crippen molar-refractivity contribution >= 4 is 17.9 Å². The lowest BCUT2D eigenvalue weighted by atomic mass is 10.2. The van der Waals surface area contributed by atoms with Gasteiger partial charge < -0.3 is 24.4 Å². The van der Waals surface area contributed by atoms with Crippen molar-refractivity contribution in [2.75, 3.05) is 80.2 Å². The van der Waals surface area contributed by atoms with Crippen LogP contribution < -0.4 is 0 Å². The van der Waals surface area contributed by atoms with Crippen LogP contribution >= 0.6 is 0 Å². The highest BCUT2D eigenvalue weighted by molar-refractivity contribution is 5.76. The Kier molecular flexibility index (Phi) is 12.1. The summed E-state index contributed by atoms with van der Waals surface area (Å²) in [5.74, 6) is -2.26. The summed E-state index contributed by atoms with van der Waals surface area (Å²) in [5.41, 5.74) is 0. The summed E-state index contributed by atoms with van der Waals surface area (Å²) in [6.07, 6.45) is -2.68. The van der Waals surface area contributed by atoms with Crippen LogP contribution in [-0.2, 0) is 28.6 Å². The summed E-state index contributed by atoms with van der Waals surface area (Å²) >= 11 is 0. The fraction of sp³-hybridized carbons (Fsp3) is 0.833. The van der Waals surface area contributed by atoms with E-state index in [1.807, 2.05) is 14.7 Å². The number of carbonyl (C=O) groups is 3. The zero-order chi connectivity index (χ0) is 23.4. The first-order valence-electron chi connectivity index (χ1n) is 9.84. The minimum Gasteiger partial charge on any atom is -0.467 e. The highest BCUT2D eigenvalue weighted by Crippen LogP contribution is 2.07. The Balaban J connectivity index is 2.91. The number of esters is 3. The van der Waals surface area contributed by atoms with Gasteiger partial charge in [-0.2, -0.15) is 0 Å². The van der Waals surface area contributed by atoms with Crippen molar-refractivity contribution in [3.8, 4) is 0 Å². The smallest absolute Gasteiger partial charge is 0.336 e. The minimum absolute atomic E-state index is 0.0142. The summed E-state index contributed by atoms with van der Waals surface area (Å²) < 4.78 is 13.7. The van der Waals surface area contributed by atoms with Crippen molar-refractivity contribution in [3.05, 3.63) is 4.91 Å². The number of β-amino-alcohol motifs (C(OH)–C–C–N with tert-alkyl or cyclic N) is 2. The first-order valence-corrected chi connectivity index (χ1v) is 9.84. The third-order valence-corrected chi connectivity index (χ3v) is 5.04. The Morgan fingerprint density at radius 3 is 1.32 bits per heavy atom. The molecule has 0 spiro atoms. The molecule has 0 saturated carbocycles. The van der Waals surface area contributed by atoms with Gasteiger partial charge in [0.2, 0.25) is 6.04 Å². The predicted octanol–water partition coefficient (Wildman–Crippen LogP) is -2.72. The molecule has 0 radical (unpaired) electrons. The van der Waals surface area contributed by atoms with E-state index in [2.05, 4.69) is 19.4 Å². The summed E-state index contributed by atoms with van der Waals surface area (Å²) in [6, 6.07) is -1.20. The molecule has 1 saturated heterocycles. The number of hydrogen-bond donors (Lipinski definition) is 2. The number of ether oxygens (including phenoxy) is 3. The van der Waals surface area contributed by atoms with E-state index in [0.29, 0.717) is 39.3 Å². The Hall–Kier alpha value is -2.19. The van der Waals surface area contributed by atoms with Crippen LogP contribution in [0.15, 0.2) is 5.18 Å². The van der Waals surface area contributed by atoms with Gasteiger partial charge in [0.25, 0.3) is 0 Å². The number of carbonyl (C=O) groups excluding carboxylic acids is 3. The number of aliphatic hydroxyl groups is 2. The molecule has 3 atom stereocenters. The van der Waals surface area contributed by atoms with Gasteiger partial charge in [-0.05, 0) is 0 Å². The lowest BCUT2D eigenvalue weighted by Gasteiger charge is -2.27. The molecule has 1 aliphatic heterocycles. The molecule has 1 aliphatic rings. The molecule has 0 unspecified atom stereocenters. The average molecular weight is 448 g/mol. The number of hydrogen-bond acceptors (Lipinski definition) is 13. The van der Waals surface area contributed by atoms with Crippen LogP contribution in [0.1, 0.15) is 0 Å². The van der Waals surface area contributed by atoms with Crippen molar-refractivity contribution in [2.45, 2.75) is 18.2 Å². The number of nitroso groups, excluding NO2 is 1. The van der Waals surface area contributed by atoms with Crippen LogP contribution in [0.2, 0.25) is 0 Å². The zero-order valence-electron chi connectivity index (χ0n) is 18.1. The van der Waals surface area contributed by atoms with Crippen LogP contribution in [0.5, 0.6) is 0 Å². The molecule has 13 nitrogen and oxygen atoms in total. The Bertz CT molecular complexity index is 571. The number of rotatable bonds is 10. The van der Waals surface area contributed by atoms with Gasteiger partial charge in [-0.3, -0.25) is 14.7 Å². The van der Waals surface area contributed by atoms with Crippen molar-refractivity contribution in [3.63, 3.8) is 0 Å². The van der Waals surface area contributed by atoms with Crippen LogP contribution in [0.25, 0.3) is 0 Å². The lowest BCUT2D eigenvalue weighted by molar-refractivity contribution is -0.152. The summed E-state index contributed by atoms with van der Waals surface area (Å²) in [7, 11) is 3.53. The second-order valence-electron chi connectivity index (χ2n) is 7.12. The highest BCUT2D eigenvalue weighted by atomic mass is 16.5. The largest absolute Gasteiger partial charge is 0.467 e. The van der Waals surface area contributed by atoms with Crippen LogP contribution in [-0.4, -0.2) is 141 Å². The van der Waals surface area contributed by atoms with Gasteiger partial charge in [-0.25, -0.2) is 14.4 Å². The molecule has 2 N–H and O–H groups in total. The fourth-order valence-corrected chi connectivity index (χ4v) is 3.17. The molecule has 0 aromatic carbocycles. The third kappa shape index (κ3) is 9.23. The molecule has 13 heteroatoms. The normalized spacial score (nSPS) is 19.8. The fourth-order valence-electron chi connectivity index (χ4n) is 3.17. The first kappa shape index (κ1) is 26.8. The van der Waals surface area contributed by atoms with Gasteiger partial charge in [0, 0.05) is 58.9 Å². The predicted molar refractivity (Wildman–Crippen MR) is 107 cm³/mol. The second kappa shape index (κ2) is 14.0. The van der Waals surface area contributed by atoms with Gasteiger partial charge in [-0.15, -0.1) is 4.91 Å². The molecular formula is C18H32N4O9. The molecule has 1 heterocycles. The molecule has 0 aliphatic carbocycles. The maximum atomic E-state index is 11.7. The van der Waals surface area contributed by atoms with Gasteiger partial charge >= 0.3 is 17.9 Å². The number of aliphatic hydroxyl groups excluding tert-OH is 2. The van der Waals surface area contributed by atoms with E-state index in [1.165, 1.54) is 21.3 Å². The van der Waals surface area contributed by atoms with Crippen LogP contribution in [0, 0.1) is 4.91 Å². The molecule has 31 heavy (non-hydrogen) atoms. The van der Waals surface area contributed by atoms with Crippen LogP contribution in [0.4, 0.5) is 0 Å². The molecule has 1 fully saturated rings. The van der Waals surface area contributed by atoms with E-state index < -0.39 is 36.2 Å². The van der Waals surface area contributed by atoms with Gasteiger partial charge in [0.1, 0.15) is 0 Å². The zero-order valence-corrected chi connectivity index (χ0v) is 18.1. The van der Waals surface area contributed by atoms with Gasteiger partial charge in [0.15, 0.2) is 12.2 Å². The van der Waals surface area contributed by atoms with Gasteiger partial charge in [0.05, 0.1) is 21.3 Å². The molecular weight excluding hydrogens is 416 g/mol. The monoisotopic (exact) mass is 448 g/mol. The Morgan fingerprint density at radius 2 is 1.03 bits per heavy atom. The van der Waals surface area contributed by atoms with E-state index in [-0.39, 0.29) is 19.6 Å². The van der Waals surface area contributed by atoms with E-state index in [9.17, 15) is 29.5 Å². The van der Waals surface area contributed by atoms with Crippen LogP contribution in [0.3, 0.4) is 0 Å². The molecule has 178 valence electrons. The molecule has 0 amide bonds. The Labute approximate surface area is 180 Å². The van der Waals surface area contributed by atoms with Gasteiger partial charge in [-0.1, -0.05) is 5.18 Å². The standard InChI is InChI=1S/C18H32N4O9/c1-29-16(25)13(19-28)10-20-4-6-21(11-14(23)17(26)30-2)8-9-22(7-5-20)12-15(24)18(27)31-3/h13-15,23-24H,4-12H2,1-3H3/t13-,14-,15-/m1/s1. The Morgan fingerprint density at radius 1 is 0.710 bits per heavy atom.